The number of aliphatic imine (C=N–C) groups is 1. The van der Waals surface area contributed by atoms with Crippen molar-refractivity contribution < 1.29 is 4.39 Å². The van der Waals surface area contributed by atoms with Crippen molar-refractivity contribution in [3.63, 3.8) is 0 Å². The molecule has 0 bridgehead atoms. The number of nitrogens with one attached hydrogen (secondary N) is 1. The van der Waals surface area contributed by atoms with Gasteiger partial charge in [-0.25, -0.2) is 4.39 Å². The van der Waals surface area contributed by atoms with Crippen molar-refractivity contribution in [3.8, 4) is 0 Å². The summed E-state index contributed by atoms with van der Waals surface area (Å²) in [6.45, 7) is 2.28. The first-order valence-electron chi connectivity index (χ1n) is 7.85. The third-order valence-corrected chi connectivity index (χ3v) is 4.29. The zero-order valence-electron chi connectivity index (χ0n) is 13.5. The Labute approximate surface area is 135 Å². The Bertz CT molecular complexity index is 694. The van der Waals surface area contributed by atoms with Crippen molar-refractivity contribution in [1.82, 2.24) is 20.0 Å². The number of likely N-dealkylation sites (tertiary alicyclic amines) is 1. The fraction of sp³-hybridized carbons (Fsp3) is 0.412. The predicted molar refractivity (Wildman–Crippen MR) is 88.7 cm³/mol. The first-order valence-corrected chi connectivity index (χ1v) is 7.85. The van der Waals surface area contributed by atoms with E-state index in [1.807, 2.05) is 24.0 Å². The first kappa shape index (κ1) is 15.5. The van der Waals surface area contributed by atoms with Gasteiger partial charge in [0.25, 0.3) is 0 Å². The molecule has 1 aromatic heterocycles. The lowest BCUT2D eigenvalue weighted by Crippen LogP contribution is -2.39. The second-order valence-electron chi connectivity index (χ2n) is 5.87. The molecular formula is C17H22FN5. The van der Waals surface area contributed by atoms with Gasteiger partial charge in [0.2, 0.25) is 0 Å². The third-order valence-electron chi connectivity index (χ3n) is 4.29. The molecule has 1 fully saturated rings. The molecule has 6 heteroatoms. The van der Waals surface area contributed by atoms with E-state index in [9.17, 15) is 4.39 Å². The van der Waals surface area contributed by atoms with Gasteiger partial charge in [0.15, 0.2) is 5.96 Å². The van der Waals surface area contributed by atoms with Gasteiger partial charge in [-0.15, -0.1) is 0 Å². The third kappa shape index (κ3) is 3.52. The first-order chi connectivity index (χ1) is 11.2. The maximum absolute atomic E-state index is 13.7. The van der Waals surface area contributed by atoms with Gasteiger partial charge < -0.3 is 10.2 Å². The molecule has 1 atom stereocenters. The highest BCUT2D eigenvalue weighted by Gasteiger charge is 2.26. The minimum absolute atomic E-state index is 0.190. The lowest BCUT2D eigenvalue weighted by atomic mass is 10.0. The largest absolute Gasteiger partial charge is 0.352 e. The molecule has 0 spiro atoms. The molecule has 1 aliphatic heterocycles. The van der Waals surface area contributed by atoms with Crippen molar-refractivity contribution in [1.29, 1.82) is 0 Å². The van der Waals surface area contributed by atoms with E-state index in [2.05, 4.69) is 26.5 Å². The maximum Gasteiger partial charge on any atom is 0.193 e. The van der Waals surface area contributed by atoms with Gasteiger partial charge in [-0.2, -0.15) is 5.10 Å². The molecule has 0 amide bonds. The summed E-state index contributed by atoms with van der Waals surface area (Å²) in [6.07, 6.45) is 5.08. The summed E-state index contributed by atoms with van der Waals surface area (Å²) in [4.78, 5) is 6.56. The second kappa shape index (κ2) is 6.81. The maximum atomic E-state index is 13.7. The van der Waals surface area contributed by atoms with Crippen LogP contribution in [-0.4, -0.2) is 40.8 Å². The summed E-state index contributed by atoms with van der Waals surface area (Å²) < 4.78 is 15.5. The van der Waals surface area contributed by atoms with Crippen molar-refractivity contribution in [3.05, 3.63) is 53.6 Å². The molecule has 23 heavy (non-hydrogen) atoms. The minimum atomic E-state index is -0.190. The molecule has 1 aliphatic rings. The van der Waals surface area contributed by atoms with E-state index in [0.29, 0.717) is 18.0 Å². The van der Waals surface area contributed by atoms with Crippen molar-refractivity contribution >= 4 is 5.96 Å². The van der Waals surface area contributed by atoms with Crippen LogP contribution in [0.3, 0.4) is 0 Å². The number of halogens is 1. The standard InChI is InChI=1S/C17H22FN5/c1-19-17(20-9-13-5-3-4-6-16(13)18)23-8-7-14(12-23)15-10-21-22(2)11-15/h3-6,10-11,14H,7-9,12H2,1-2H3,(H,19,20). The summed E-state index contributed by atoms with van der Waals surface area (Å²) >= 11 is 0. The molecule has 2 aromatic rings. The minimum Gasteiger partial charge on any atom is -0.352 e. The van der Waals surface area contributed by atoms with E-state index >= 15 is 0 Å². The molecule has 2 heterocycles. The van der Waals surface area contributed by atoms with E-state index in [0.717, 1.165) is 25.5 Å². The summed E-state index contributed by atoms with van der Waals surface area (Å²) in [7, 11) is 3.70. The van der Waals surface area contributed by atoms with Crippen LogP contribution in [0.15, 0.2) is 41.7 Å². The Morgan fingerprint density at radius 1 is 1.43 bits per heavy atom. The van der Waals surface area contributed by atoms with E-state index in [1.165, 1.54) is 11.6 Å². The second-order valence-corrected chi connectivity index (χ2v) is 5.87. The Kier molecular flexibility index (Phi) is 4.60. The van der Waals surface area contributed by atoms with E-state index in [1.54, 1.807) is 19.2 Å². The Morgan fingerprint density at radius 2 is 2.26 bits per heavy atom. The summed E-state index contributed by atoms with van der Waals surface area (Å²) in [5, 5.41) is 7.51. The SMILES string of the molecule is CN=C(NCc1ccccc1F)N1CCC(c2cnn(C)c2)C1. The highest BCUT2D eigenvalue weighted by Crippen LogP contribution is 2.26. The van der Waals surface area contributed by atoms with Gasteiger partial charge in [-0.3, -0.25) is 9.67 Å². The normalized spacial score (nSPS) is 18.5. The average Bonchev–Trinajstić information content (AvgIpc) is 3.19. The van der Waals surface area contributed by atoms with Crippen molar-refractivity contribution in [2.75, 3.05) is 20.1 Å². The average molecular weight is 315 g/mol. The lowest BCUT2D eigenvalue weighted by molar-refractivity contribution is 0.484. The number of aryl methyl sites for hydroxylation is 1. The molecule has 5 nitrogen and oxygen atoms in total. The van der Waals surface area contributed by atoms with Gasteiger partial charge >= 0.3 is 0 Å². The van der Waals surface area contributed by atoms with E-state index < -0.39 is 0 Å². The Balaban J connectivity index is 1.60. The van der Waals surface area contributed by atoms with Crippen LogP contribution in [-0.2, 0) is 13.6 Å². The van der Waals surface area contributed by atoms with Crippen LogP contribution >= 0.6 is 0 Å². The molecule has 1 aromatic carbocycles. The summed E-state index contributed by atoms with van der Waals surface area (Å²) in [6, 6.07) is 6.82. The van der Waals surface area contributed by atoms with Gasteiger partial charge in [0.1, 0.15) is 5.82 Å². The van der Waals surface area contributed by atoms with E-state index in [4.69, 9.17) is 0 Å². The molecule has 1 unspecified atom stereocenters. The quantitative estimate of drug-likeness (QED) is 0.697. The molecule has 0 radical (unpaired) electrons. The lowest BCUT2D eigenvalue weighted by Gasteiger charge is -2.21. The number of rotatable bonds is 3. The monoisotopic (exact) mass is 315 g/mol. The van der Waals surface area contributed by atoms with Crippen LogP contribution in [0.2, 0.25) is 0 Å². The van der Waals surface area contributed by atoms with Crippen molar-refractivity contribution in [2.45, 2.75) is 18.9 Å². The van der Waals surface area contributed by atoms with Crippen LogP contribution in [0.1, 0.15) is 23.5 Å². The summed E-state index contributed by atoms with van der Waals surface area (Å²) in [5.74, 6) is 1.10. The Hall–Kier alpha value is -2.37. The Morgan fingerprint density at radius 3 is 2.96 bits per heavy atom. The van der Waals surface area contributed by atoms with Crippen molar-refractivity contribution in [2.24, 2.45) is 12.0 Å². The zero-order chi connectivity index (χ0) is 16.2. The van der Waals surface area contributed by atoms with Crippen LogP contribution < -0.4 is 5.32 Å². The number of hydrogen-bond donors (Lipinski definition) is 1. The highest BCUT2D eigenvalue weighted by molar-refractivity contribution is 5.80. The molecule has 0 aliphatic carbocycles. The molecule has 1 saturated heterocycles. The smallest absolute Gasteiger partial charge is 0.193 e. The number of benzene rings is 1. The van der Waals surface area contributed by atoms with Gasteiger partial charge in [0, 0.05) is 51.4 Å². The fourth-order valence-corrected chi connectivity index (χ4v) is 3.02. The van der Waals surface area contributed by atoms with Gasteiger partial charge in [0.05, 0.1) is 6.20 Å². The number of nitrogens with zero attached hydrogens (tertiary/aromatic N) is 4. The molecule has 122 valence electrons. The highest BCUT2D eigenvalue weighted by atomic mass is 19.1. The number of guanidine groups is 1. The molecule has 3 rings (SSSR count). The van der Waals surface area contributed by atoms with Gasteiger partial charge in [-0.1, -0.05) is 18.2 Å². The zero-order valence-corrected chi connectivity index (χ0v) is 13.5. The number of aromatic nitrogens is 2. The summed E-state index contributed by atoms with van der Waals surface area (Å²) in [5.41, 5.74) is 1.91. The molecule has 1 N–H and O–H groups in total. The van der Waals surface area contributed by atoms with Crippen LogP contribution in [0, 0.1) is 5.82 Å². The van der Waals surface area contributed by atoms with Gasteiger partial charge in [-0.05, 0) is 18.1 Å². The van der Waals surface area contributed by atoms with E-state index in [-0.39, 0.29) is 5.82 Å². The van der Waals surface area contributed by atoms with Crippen LogP contribution in [0.25, 0.3) is 0 Å². The topological polar surface area (TPSA) is 45.5 Å². The number of hydrogen-bond acceptors (Lipinski definition) is 2. The molecule has 0 saturated carbocycles. The van der Waals surface area contributed by atoms with Crippen LogP contribution in [0.5, 0.6) is 0 Å². The van der Waals surface area contributed by atoms with Crippen LogP contribution in [0.4, 0.5) is 4.39 Å². The predicted octanol–water partition coefficient (Wildman–Crippen LogP) is 2.12. The molecular weight excluding hydrogens is 293 g/mol. The fourth-order valence-electron chi connectivity index (χ4n) is 3.02.